The Hall–Kier alpha value is -5.25. The number of hydrogen-bond donors (Lipinski definition) is 2. The minimum absolute atomic E-state index is 0.0847. The van der Waals surface area contributed by atoms with E-state index in [-0.39, 0.29) is 24.2 Å². The fourth-order valence-electron chi connectivity index (χ4n) is 8.74. The van der Waals surface area contributed by atoms with Crippen LogP contribution in [0, 0.1) is 5.92 Å². The highest BCUT2D eigenvalue weighted by atomic mass is 19.4. The van der Waals surface area contributed by atoms with E-state index in [4.69, 9.17) is 5.73 Å². The quantitative estimate of drug-likeness (QED) is 0.202. The lowest BCUT2D eigenvalue weighted by Gasteiger charge is -2.39. The molecule has 12 nitrogen and oxygen atoms in total. The number of rotatable bonds is 11. The number of anilines is 1. The number of carbonyl (C=O) groups excluding carboxylic acids is 4. The van der Waals surface area contributed by atoms with Crippen LogP contribution in [-0.2, 0) is 22.7 Å². The van der Waals surface area contributed by atoms with Crippen LogP contribution in [0.3, 0.4) is 0 Å². The molecule has 8 rings (SSSR count). The van der Waals surface area contributed by atoms with Crippen LogP contribution in [-0.4, -0.2) is 108 Å². The monoisotopic (exact) mass is 785 g/mol. The van der Waals surface area contributed by atoms with Crippen molar-refractivity contribution in [1.82, 2.24) is 24.6 Å². The van der Waals surface area contributed by atoms with Gasteiger partial charge in [-0.25, -0.2) is 0 Å². The van der Waals surface area contributed by atoms with Gasteiger partial charge in [0.15, 0.2) is 0 Å². The number of piperazine rings is 1. The molecule has 15 heteroatoms. The van der Waals surface area contributed by atoms with Crippen molar-refractivity contribution in [2.45, 2.75) is 57.6 Å². The summed E-state index contributed by atoms with van der Waals surface area (Å²) in [4.78, 5) is 58.8. The molecule has 3 N–H and O–H groups in total. The zero-order valence-electron chi connectivity index (χ0n) is 31.6. The van der Waals surface area contributed by atoms with E-state index in [1.54, 1.807) is 24.3 Å². The van der Waals surface area contributed by atoms with Crippen LogP contribution in [0.25, 0.3) is 22.0 Å². The lowest BCUT2D eigenvalue weighted by atomic mass is 9.95. The number of aromatic nitrogens is 1. The third kappa shape index (κ3) is 8.27. The Bertz CT molecular complexity index is 2170. The minimum atomic E-state index is -4.74. The number of halogens is 3. The highest BCUT2D eigenvalue weighted by molar-refractivity contribution is 6.23. The van der Waals surface area contributed by atoms with Crippen LogP contribution in [0.1, 0.15) is 58.4 Å². The van der Waals surface area contributed by atoms with Gasteiger partial charge >= 0.3 is 6.36 Å². The Balaban J connectivity index is 0.845. The molecular formula is C42H46F3N7O5. The number of imide groups is 2. The summed E-state index contributed by atoms with van der Waals surface area (Å²) in [6.45, 7) is 8.64. The number of benzene rings is 3. The summed E-state index contributed by atoms with van der Waals surface area (Å²) >= 11 is 0. The molecule has 57 heavy (non-hydrogen) atoms. The predicted octanol–water partition coefficient (Wildman–Crippen LogP) is 4.99. The molecule has 0 aliphatic carbocycles. The molecule has 5 heterocycles. The zero-order valence-corrected chi connectivity index (χ0v) is 31.6. The van der Waals surface area contributed by atoms with Crippen molar-refractivity contribution in [3.63, 3.8) is 0 Å². The molecule has 3 aromatic carbocycles. The molecule has 3 fully saturated rings. The van der Waals surface area contributed by atoms with Crippen LogP contribution < -0.4 is 20.7 Å². The first-order valence-corrected chi connectivity index (χ1v) is 19.7. The Morgan fingerprint density at radius 3 is 2.21 bits per heavy atom. The fraction of sp³-hybridized carbons (Fsp3) is 0.429. The Morgan fingerprint density at radius 1 is 0.789 bits per heavy atom. The van der Waals surface area contributed by atoms with E-state index in [2.05, 4.69) is 53.7 Å². The lowest BCUT2D eigenvalue weighted by molar-refractivity contribution is -0.274. The molecule has 3 saturated heterocycles. The average molecular weight is 786 g/mol. The number of ether oxygens (including phenoxy) is 1. The van der Waals surface area contributed by atoms with Crippen LogP contribution in [0.15, 0.2) is 66.9 Å². The highest BCUT2D eigenvalue weighted by Crippen LogP contribution is 2.35. The van der Waals surface area contributed by atoms with E-state index in [1.165, 1.54) is 17.7 Å². The van der Waals surface area contributed by atoms with Gasteiger partial charge in [-0.2, -0.15) is 0 Å². The van der Waals surface area contributed by atoms with Crippen molar-refractivity contribution >= 4 is 40.2 Å². The van der Waals surface area contributed by atoms with Gasteiger partial charge in [0.2, 0.25) is 11.8 Å². The molecule has 300 valence electrons. The number of amides is 4. The molecule has 1 unspecified atom stereocenters. The summed E-state index contributed by atoms with van der Waals surface area (Å²) in [6, 6.07) is 16.9. The van der Waals surface area contributed by atoms with Gasteiger partial charge in [-0.05, 0) is 91.7 Å². The smallest absolute Gasteiger partial charge is 0.406 e. The molecule has 4 aliphatic heterocycles. The number of hydrogen-bond acceptors (Lipinski definition) is 9. The van der Waals surface area contributed by atoms with E-state index >= 15 is 0 Å². The van der Waals surface area contributed by atoms with Crippen LogP contribution in [0.4, 0.5) is 18.9 Å². The van der Waals surface area contributed by atoms with Gasteiger partial charge in [-0.15, -0.1) is 13.2 Å². The van der Waals surface area contributed by atoms with E-state index in [1.807, 2.05) is 6.07 Å². The van der Waals surface area contributed by atoms with Crippen molar-refractivity contribution in [1.29, 1.82) is 0 Å². The number of nitrogens with two attached hydrogens (primary N) is 1. The summed E-state index contributed by atoms with van der Waals surface area (Å²) in [5, 5.41) is 3.29. The summed E-state index contributed by atoms with van der Waals surface area (Å²) < 4.78 is 44.5. The van der Waals surface area contributed by atoms with Gasteiger partial charge in [-0.3, -0.25) is 34.3 Å². The van der Waals surface area contributed by atoms with Crippen LogP contribution in [0.5, 0.6) is 5.75 Å². The number of nitrogens with zero attached hydrogens (tertiary/aromatic N) is 5. The van der Waals surface area contributed by atoms with Gasteiger partial charge in [-0.1, -0.05) is 18.2 Å². The van der Waals surface area contributed by atoms with Crippen molar-refractivity contribution in [2.24, 2.45) is 11.7 Å². The minimum Gasteiger partial charge on any atom is -0.406 e. The molecule has 4 amide bonds. The van der Waals surface area contributed by atoms with Gasteiger partial charge in [0.25, 0.3) is 11.8 Å². The molecule has 0 bridgehead atoms. The van der Waals surface area contributed by atoms with Crippen molar-refractivity contribution in [3.8, 4) is 16.9 Å². The molecule has 0 radical (unpaired) electrons. The fourth-order valence-corrected chi connectivity index (χ4v) is 8.74. The highest BCUT2D eigenvalue weighted by Gasteiger charge is 2.45. The van der Waals surface area contributed by atoms with Crippen LogP contribution in [0.2, 0.25) is 0 Å². The predicted molar refractivity (Wildman–Crippen MR) is 207 cm³/mol. The topological polar surface area (TPSA) is 133 Å². The average Bonchev–Trinajstić information content (AvgIpc) is 3.67. The number of alkyl halides is 3. The molecular weight excluding hydrogens is 739 g/mol. The van der Waals surface area contributed by atoms with E-state index < -0.39 is 36.0 Å². The van der Waals surface area contributed by atoms with E-state index in [0.717, 1.165) is 111 Å². The van der Waals surface area contributed by atoms with Crippen molar-refractivity contribution in [2.75, 3.05) is 57.3 Å². The van der Waals surface area contributed by atoms with Crippen LogP contribution >= 0.6 is 0 Å². The van der Waals surface area contributed by atoms with Crippen molar-refractivity contribution in [3.05, 3.63) is 83.6 Å². The van der Waals surface area contributed by atoms with Gasteiger partial charge in [0, 0.05) is 93.7 Å². The number of fused-ring (bicyclic) bond motifs is 2. The SMILES string of the molecule is NCCCn1cc(-c2ccc(OC(F)(F)F)cc2)c2cc(CN3CCN(CC4CCN(c5ccc6c(c5)C(=O)N(C5CCC(=O)NC5=O)C6=O)CC4)CC3)ccc21. The molecule has 4 aromatic rings. The normalized spacial score (nSPS) is 20.1. The second-order valence-electron chi connectivity index (χ2n) is 15.5. The summed E-state index contributed by atoms with van der Waals surface area (Å²) in [5.41, 5.74) is 11.3. The summed E-state index contributed by atoms with van der Waals surface area (Å²) in [7, 11) is 0. The van der Waals surface area contributed by atoms with Gasteiger partial charge < -0.3 is 24.8 Å². The zero-order chi connectivity index (χ0) is 39.8. The molecule has 0 spiro atoms. The molecule has 1 aromatic heterocycles. The third-order valence-electron chi connectivity index (χ3n) is 11.7. The van der Waals surface area contributed by atoms with E-state index in [9.17, 15) is 32.3 Å². The Morgan fingerprint density at radius 2 is 1.51 bits per heavy atom. The molecule has 4 aliphatic rings. The third-order valence-corrected chi connectivity index (χ3v) is 11.7. The standard InChI is InChI=1S/C42H46F3N7O5/c43-42(44,45)57-31-6-3-29(4-7-31)35-26-51(15-1-14-46)36-9-2-28(22-33(35)36)25-49-20-18-48(19-21-49)24-27-12-16-50(17-13-27)30-5-8-32-34(23-30)41(56)52(40(32)55)37-10-11-38(53)47-39(37)54/h2-9,22-23,26-27,37H,1,10-21,24-25,46H2,(H,47,53,54). The van der Waals surface area contributed by atoms with Gasteiger partial charge in [0.1, 0.15) is 11.8 Å². The number of carbonyl (C=O) groups is 4. The van der Waals surface area contributed by atoms with Gasteiger partial charge in [0.05, 0.1) is 11.1 Å². The Labute approximate surface area is 328 Å². The van der Waals surface area contributed by atoms with E-state index in [0.29, 0.717) is 18.0 Å². The second-order valence-corrected chi connectivity index (χ2v) is 15.5. The maximum Gasteiger partial charge on any atom is 0.573 e. The first-order valence-electron chi connectivity index (χ1n) is 19.7. The first kappa shape index (κ1) is 38.6. The van der Waals surface area contributed by atoms with Crippen molar-refractivity contribution < 1.29 is 37.1 Å². The second kappa shape index (κ2) is 15.9. The maximum absolute atomic E-state index is 13.3. The number of piperidine rings is 2. The largest absolute Gasteiger partial charge is 0.573 e. The lowest BCUT2D eigenvalue weighted by Crippen LogP contribution is -2.54. The molecule has 1 atom stereocenters. The molecule has 0 saturated carbocycles. The Kier molecular flexibility index (Phi) is 10.8. The number of nitrogens with one attached hydrogen (secondary N) is 1. The summed E-state index contributed by atoms with van der Waals surface area (Å²) in [5.74, 6) is -1.70. The summed E-state index contributed by atoms with van der Waals surface area (Å²) in [6.07, 6.45) is 0.357. The number of aryl methyl sites for hydroxylation is 1. The maximum atomic E-state index is 13.3. The first-order chi connectivity index (χ1) is 27.4.